The summed E-state index contributed by atoms with van der Waals surface area (Å²) in [6.45, 7) is 4.45. The zero-order valence-corrected chi connectivity index (χ0v) is 49.3. The van der Waals surface area contributed by atoms with E-state index in [9.17, 15) is 28.9 Å². The standard InChI is InChI=1S/C64H111O11P/c1-4-7-10-13-16-19-22-24-26-28-30-32-34-36-39-41-44-47-50-53-62(66)71-57-61(75-64(68)55-52-49-46-43-40-37-35-33-31-29-27-25-23-20-17-14-11-8-5-2)59-73-76(69,70)72-58-60(56-65)74-63(67)54-51-48-45-42-38-21-18-15-12-9-6-3/h8,11,15,17-18,20,24-27,31,33,37,40,60-61,65H,4-7,9-10,12-14,16,19,21-23,28-30,32,34-36,38-39,41-59H2,1-3H3,(H,69,70)/b11-8-,18-15-,20-17-,26-24-,27-25-,33-31-,40-37-. The SMILES string of the molecule is CC/C=C\C/C=C\C/C=C\C/C=C\C/C=C\CCCCCC(=O)OC(COC(=O)CCCCCCCCCCC/C=C\CCCCCCCC)COP(=O)(O)OCC(CO)OC(=O)CCCCCCC/C=C\CCCC. The summed E-state index contributed by atoms with van der Waals surface area (Å²) in [4.78, 5) is 48.6. The Morgan fingerprint density at radius 1 is 0.382 bits per heavy atom. The lowest BCUT2D eigenvalue weighted by atomic mass is 10.1. The smallest absolute Gasteiger partial charge is 0.462 e. The lowest BCUT2D eigenvalue weighted by Gasteiger charge is -2.21. The number of phosphoric ester groups is 1. The number of aliphatic hydroxyl groups excluding tert-OH is 1. The zero-order chi connectivity index (χ0) is 55.5. The fraction of sp³-hybridized carbons (Fsp3) is 0.734. The third-order valence-corrected chi connectivity index (χ3v) is 13.7. The number of hydrogen-bond acceptors (Lipinski definition) is 10. The number of esters is 3. The summed E-state index contributed by atoms with van der Waals surface area (Å²) in [5.74, 6) is -1.51. The molecule has 0 radical (unpaired) electrons. The second-order valence-corrected chi connectivity index (χ2v) is 21.6. The van der Waals surface area contributed by atoms with Crippen molar-refractivity contribution >= 4 is 25.7 Å². The van der Waals surface area contributed by atoms with Gasteiger partial charge in [-0.25, -0.2) is 4.57 Å². The minimum Gasteiger partial charge on any atom is -0.462 e. The summed E-state index contributed by atoms with van der Waals surface area (Å²) in [5, 5.41) is 9.80. The largest absolute Gasteiger partial charge is 0.472 e. The van der Waals surface area contributed by atoms with E-state index in [0.717, 1.165) is 109 Å². The first-order chi connectivity index (χ1) is 37.2. The number of allylic oxidation sites excluding steroid dienone is 14. The Kier molecular flexibility index (Phi) is 55.3. The molecule has 0 fully saturated rings. The van der Waals surface area contributed by atoms with Crippen LogP contribution in [0.15, 0.2) is 85.1 Å². The van der Waals surface area contributed by atoms with Crippen LogP contribution in [-0.2, 0) is 42.2 Å². The van der Waals surface area contributed by atoms with E-state index in [1.807, 2.05) is 0 Å². The van der Waals surface area contributed by atoms with Gasteiger partial charge >= 0.3 is 25.7 Å². The molecule has 0 spiro atoms. The van der Waals surface area contributed by atoms with Crippen LogP contribution in [0.3, 0.4) is 0 Å². The van der Waals surface area contributed by atoms with Gasteiger partial charge in [0.15, 0.2) is 6.10 Å². The van der Waals surface area contributed by atoms with Crippen molar-refractivity contribution in [3.8, 4) is 0 Å². The molecule has 0 rings (SSSR count). The van der Waals surface area contributed by atoms with Crippen molar-refractivity contribution in [2.45, 2.75) is 277 Å². The van der Waals surface area contributed by atoms with E-state index >= 15 is 0 Å². The van der Waals surface area contributed by atoms with Gasteiger partial charge in [0.05, 0.1) is 19.8 Å². The number of phosphoric acid groups is 1. The van der Waals surface area contributed by atoms with Crippen LogP contribution >= 0.6 is 7.82 Å². The third kappa shape index (κ3) is 55.4. The quantitative estimate of drug-likeness (QED) is 0.0197. The van der Waals surface area contributed by atoms with Crippen LogP contribution in [0.1, 0.15) is 265 Å². The molecule has 12 heteroatoms. The van der Waals surface area contributed by atoms with E-state index in [1.54, 1.807) is 0 Å². The van der Waals surface area contributed by atoms with Gasteiger partial charge in [0.2, 0.25) is 0 Å². The van der Waals surface area contributed by atoms with Gasteiger partial charge in [-0.3, -0.25) is 23.4 Å². The van der Waals surface area contributed by atoms with Crippen molar-refractivity contribution in [3.63, 3.8) is 0 Å². The van der Waals surface area contributed by atoms with Crippen LogP contribution in [0.25, 0.3) is 0 Å². The lowest BCUT2D eigenvalue weighted by molar-refractivity contribution is -0.161. The van der Waals surface area contributed by atoms with E-state index in [1.165, 1.54) is 96.3 Å². The molecule has 3 unspecified atom stereocenters. The molecule has 0 saturated carbocycles. The topological polar surface area (TPSA) is 155 Å². The van der Waals surface area contributed by atoms with Gasteiger partial charge in [0, 0.05) is 19.3 Å². The first-order valence-corrected chi connectivity index (χ1v) is 32.0. The maximum Gasteiger partial charge on any atom is 0.472 e. The van der Waals surface area contributed by atoms with Crippen molar-refractivity contribution in [2.75, 3.05) is 26.4 Å². The minimum atomic E-state index is -4.76. The molecule has 76 heavy (non-hydrogen) atoms. The number of rotatable bonds is 56. The summed E-state index contributed by atoms with van der Waals surface area (Å²) < 4.78 is 39.5. The molecule has 0 aromatic carbocycles. The average Bonchev–Trinajstić information content (AvgIpc) is 3.41. The van der Waals surface area contributed by atoms with Gasteiger partial charge in [-0.2, -0.15) is 0 Å². The molecule has 3 atom stereocenters. The number of aliphatic hydroxyl groups is 1. The summed E-state index contributed by atoms with van der Waals surface area (Å²) >= 11 is 0. The predicted molar refractivity (Wildman–Crippen MR) is 316 cm³/mol. The highest BCUT2D eigenvalue weighted by Gasteiger charge is 2.28. The minimum absolute atomic E-state index is 0.125. The molecule has 0 aliphatic heterocycles. The molecule has 0 aliphatic rings. The van der Waals surface area contributed by atoms with Crippen molar-refractivity contribution < 1.29 is 52.2 Å². The maximum atomic E-state index is 12.9. The Bertz CT molecular complexity index is 1600. The van der Waals surface area contributed by atoms with Crippen LogP contribution in [0, 0.1) is 0 Å². The third-order valence-electron chi connectivity index (χ3n) is 12.8. The molecular weight excluding hydrogens is 976 g/mol. The monoisotopic (exact) mass is 1090 g/mol. The van der Waals surface area contributed by atoms with E-state index in [2.05, 4.69) is 106 Å². The van der Waals surface area contributed by atoms with Crippen molar-refractivity contribution in [3.05, 3.63) is 85.1 Å². The summed E-state index contributed by atoms with van der Waals surface area (Å²) in [6, 6.07) is 0. The summed E-state index contributed by atoms with van der Waals surface area (Å²) in [7, 11) is -4.76. The number of hydrogen-bond donors (Lipinski definition) is 2. The number of unbranched alkanes of at least 4 members (excludes halogenated alkanes) is 25. The Morgan fingerprint density at radius 2 is 0.697 bits per heavy atom. The number of ether oxygens (including phenoxy) is 3. The van der Waals surface area contributed by atoms with Crippen LogP contribution in [0.5, 0.6) is 0 Å². The maximum absolute atomic E-state index is 12.9. The molecule has 438 valence electrons. The Hall–Kier alpha value is -3.34. The van der Waals surface area contributed by atoms with Crippen LogP contribution < -0.4 is 0 Å². The molecule has 2 N–H and O–H groups in total. The Balaban J connectivity index is 4.77. The molecule has 11 nitrogen and oxygen atoms in total. The summed E-state index contributed by atoms with van der Waals surface area (Å²) in [5.41, 5.74) is 0. The predicted octanol–water partition coefficient (Wildman–Crippen LogP) is 18.3. The van der Waals surface area contributed by atoms with E-state index in [-0.39, 0.29) is 25.9 Å². The number of carbonyl (C=O) groups is 3. The van der Waals surface area contributed by atoms with Gasteiger partial charge in [0.25, 0.3) is 0 Å². The lowest BCUT2D eigenvalue weighted by Crippen LogP contribution is -2.30. The Morgan fingerprint density at radius 3 is 1.12 bits per heavy atom. The van der Waals surface area contributed by atoms with Crippen molar-refractivity contribution in [1.29, 1.82) is 0 Å². The van der Waals surface area contributed by atoms with Crippen molar-refractivity contribution in [2.24, 2.45) is 0 Å². The van der Waals surface area contributed by atoms with Crippen molar-refractivity contribution in [1.82, 2.24) is 0 Å². The van der Waals surface area contributed by atoms with Gasteiger partial charge in [-0.05, 0) is 109 Å². The molecule has 0 amide bonds. The van der Waals surface area contributed by atoms with Crippen LogP contribution in [-0.4, -0.2) is 66.5 Å². The number of carbonyl (C=O) groups excluding carboxylic acids is 3. The molecule has 0 bridgehead atoms. The second kappa shape index (κ2) is 57.8. The summed E-state index contributed by atoms with van der Waals surface area (Å²) in [6.07, 6.45) is 66.9. The van der Waals surface area contributed by atoms with Gasteiger partial charge < -0.3 is 24.2 Å². The normalized spacial score (nSPS) is 13.9. The van der Waals surface area contributed by atoms with Gasteiger partial charge in [-0.1, -0.05) is 221 Å². The van der Waals surface area contributed by atoms with Crippen LogP contribution in [0.2, 0.25) is 0 Å². The molecule has 0 saturated heterocycles. The molecule has 0 heterocycles. The first-order valence-electron chi connectivity index (χ1n) is 30.5. The fourth-order valence-corrected chi connectivity index (χ4v) is 8.91. The van der Waals surface area contributed by atoms with E-state index in [4.69, 9.17) is 23.3 Å². The van der Waals surface area contributed by atoms with Gasteiger partial charge in [0.1, 0.15) is 12.7 Å². The zero-order valence-electron chi connectivity index (χ0n) is 48.5. The van der Waals surface area contributed by atoms with Gasteiger partial charge in [-0.15, -0.1) is 0 Å². The molecule has 0 aromatic rings. The van der Waals surface area contributed by atoms with E-state index in [0.29, 0.717) is 19.3 Å². The fourth-order valence-electron chi connectivity index (χ4n) is 8.12. The highest BCUT2D eigenvalue weighted by molar-refractivity contribution is 7.47. The van der Waals surface area contributed by atoms with Crippen LogP contribution in [0.4, 0.5) is 0 Å². The molecular formula is C64H111O11P. The first kappa shape index (κ1) is 72.7. The molecule has 0 aliphatic carbocycles. The highest BCUT2D eigenvalue weighted by atomic mass is 31.2. The average molecular weight is 1090 g/mol. The second-order valence-electron chi connectivity index (χ2n) is 20.1. The molecule has 0 aromatic heterocycles. The highest BCUT2D eigenvalue weighted by Crippen LogP contribution is 2.43. The Labute approximate surface area is 464 Å². The van der Waals surface area contributed by atoms with E-state index < -0.39 is 57.8 Å².